The summed E-state index contributed by atoms with van der Waals surface area (Å²) in [5, 5.41) is 0. The van der Waals surface area contributed by atoms with E-state index < -0.39 is 11.6 Å². The molecule has 0 N–H and O–H groups in total. The van der Waals surface area contributed by atoms with Gasteiger partial charge < -0.3 is 14.2 Å². The van der Waals surface area contributed by atoms with E-state index in [9.17, 15) is 13.2 Å². The van der Waals surface area contributed by atoms with Crippen molar-refractivity contribution in [1.82, 2.24) is 0 Å². The first-order valence-electron chi connectivity index (χ1n) is 20.1. The molecule has 68 heavy (non-hydrogen) atoms. The minimum Gasteiger partial charge on any atom is -0.455 e. The van der Waals surface area contributed by atoms with E-state index in [-0.39, 0.29) is 80.9 Å². The van der Waals surface area contributed by atoms with Gasteiger partial charge in [-0.15, -0.1) is 0 Å². The molecule has 9 aromatic carbocycles. The van der Waals surface area contributed by atoms with Crippen LogP contribution in [0.2, 0.25) is 0 Å². The van der Waals surface area contributed by atoms with Crippen molar-refractivity contribution in [2.24, 2.45) is 0 Å². The molecule has 0 aliphatic carbocycles. The average molecular weight is 1800 g/mol. The van der Waals surface area contributed by atoms with Gasteiger partial charge in [-0.25, -0.2) is 13.2 Å². The molecule has 0 aliphatic rings. The summed E-state index contributed by atoms with van der Waals surface area (Å²) in [6, 6.07) is 66.9. The summed E-state index contributed by atoms with van der Waals surface area (Å²) in [6.07, 6.45) is 0. The van der Waals surface area contributed by atoms with Gasteiger partial charge in [0.05, 0.1) is 7.14 Å². The van der Waals surface area contributed by atoms with E-state index in [1.165, 1.54) is 43.2 Å². The molecule has 0 fully saturated rings. The van der Waals surface area contributed by atoms with E-state index in [4.69, 9.17) is 14.2 Å². The van der Waals surface area contributed by atoms with E-state index in [1.807, 2.05) is 77.2 Å². The zero-order chi connectivity index (χ0) is 47.8. The Morgan fingerprint density at radius 1 is 0.294 bits per heavy atom. The fourth-order valence-electron chi connectivity index (χ4n) is 5.68. The highest BCUT2D eigenvalue weighted by molar-refractivity contribution is 14.1. The summed E-state index contributed by atoms with van der Waals surface area (Å²) in [7, 11) is 0. The van der Waals surface area contributed by atoms with Crippen LogP contribution in [0.5, 0.6) is 34.5 Å². The van der Waals surface area contributed by atoms with Gasteiger partial charge in [-0.2, -0.15) is 0 Å². The summed E-state index contributed by atoms with van der Waals surface area (Å²) in [5.41, 5.74) is 0. The first kappa shape index (κ1) is 53.8. The molecule has 342 valence electrons. The molecule has 0 saturated heterocycles. The second-order valence-corrected chi connectivity index (χ2v) is 29.0. The van der Waals surface area contributed by atoms with Crippen LogP contribution in [0.25, 0.3) is 0 Å². The third kappa shape index (κ3) is 17.4. The monoisotopic (exact) mass is 1800 g/mol. The van der Waals surface area contributed by atoms with E-state index >= 15 is 0 Å². The Hall–Kier alpha value is -1.99. The minimum absolute atomic E-state index is 0.121. The van der Waals surface area contributed by atoms with Gasteiger partial charge >= 0.3 is 63.6 Å². The van der Waals surface area contributed by atoms with Crippen molar-refractivity contribution in [1.29, 1.82) is 0 Å². The number of ether oxygens (including phenoxy) is 3. The topological polar surface area (TPSA) is 27.7 Å². The normalized spacial score (nSPS) is 10.5. The van der Waals surface area contributed by atoms with Gasteiger partial charge in [0.2, 0.25) is 0 Å². The zero-order valence-electron chi connectivity index (χ0n) is 35.0. The summed E-state index contributed by atoms with van der Waals surface area (Å²) in [4.78, 5) is 0. The van der Waals surface area contributed by atoms with Crippen molar-refractivity contribution >= 4 is 113 Å². The summed E-state index contributed by atoms with van der Waals surface area (Å²) < 4.78 is 71.3. The maximum absolute atomic E-state index is 13.8. The molecule has 0 bridgehead atoms. The lowest BCUT2D eigenvalue weighted by molar-refractivity contribution is -0.597. The zero-order valence-corrected chi connectivity index (χ0v) is 52.3. The molecule has 0 radical (unpaired) electrons. The van der Waals surface area contributed by atoms with Crippen LogP contribution in [0.4, 0.5) is 13.2 Å². The predicted molar refractivity (Wildman–Crippen MR) is 294 cm³/mol. The highest BCUT2D eigenvalue weighted by atomic mass is 127. The lowest BCUT2D eigenvalue weighted by atomic mass is 10.3. The van der Waals surface area contributed by atoms with Crippen LogP contribution in [0, 0.1) is 56.7 Å². The number of halogens is 11. The van der Waals surface area contributed by atoms with Crippen LogP contribution < -0.4 is 77.8 Å². The van der Waals surface area contributed by atoms with Crippen molar-refractivity contribution < 1.29 is 91.0 Å². The van der Waals surface area contributed by atoms with E-state index in [0.29, 0.717) is 15.1 Å². The fraction of sp³-hybridized carbons (Fsp3) is 0. The lowest BCUT2D eigenvalue weighted by Crippen LogP contribution is -3.61. The van der Waals surface area contributed by atoms with Gasteiger partial charge in [-0.3, -0.25) is 0 Å². The third-order valence-corrected chi connectivity index (χ3v) is 20.4. The molecule has 0 spiro atoms. The van der Waals surface area contributed by atoms with Crippen LogP contribution in [0.3, 0.4) is 0 Å². The largest absolute Gasteiger partial charge is 0.455 e. The molecule has 3 nitrogen and oxygen atoms in total. The lowest BCUT2D eigenvalue weighted by Gasteiger charge is -2.10. The number of hydrogen-bond donors (Lipinski definition) is 0. The van der Waals surface area contributed by atoms with Crippen molar-refractivity contribution in [3.63, 3.8) is 0 Å². The molecule has 0 aliphatic heterocycles. The molecule has 0 unspecified atom stereocenters. The predicted octanol–water partition coefficient (Wildman–Crippen LogP) is 8.26. The summed E-state index contributed by atoms with van der Waals surface area (Å²) >= 11 is 10.4. The summed E-state index contributed by atoms with van der Waals surface area (Å²) in [6.45, 7) is 0. The minimum atomic E-state index is -0.699. The van der Waals surface area contributed by atoms with Gasteiger partial charge in [0, 0.05) is 10.7 Å². The smallest absolute Gasteiger partial charge is 0.357 e. The molecular weight excluding hydrogens is 1770 g/mol. The van der Waals surface area contributed by atoms with Crippen molar-refractivity contribution in [3.8, 4) is 34.5 Å². The average Bonchev–Trinajstić information content (AvgIpc) is 3.33. The van der Waals surface area contributed by atoms with Crippen LogP contribution in [0.1, 0.15) is 0 Å². The van der Waals surface area contributed by atoms with E-state index in [1.54, 1.807) is 18.2 Å². The third-order valence-electron chi connectivity index (χ3n) is 8.78. The Morgan fingerprint density at radius 2 is 0.618 bits per heavy atom. The Bertz CT molecular complexity index is 2840. The molecular formula is C54H34F3I8O3+3. The second kappa shape index (κ2) is 27.7. The van der Waals surface area contributed by atoms with Crippen molar-refractivity contribution in [2.45, 2.75) is 0 Å². The van der Waals surface area contributed by atoms with Gasteiger partial charge in [0.25, 0.3) is 0 Å². The molecule has 0 saturated carbocycles. The molecule has 0 atom stereocenters. The first-order chi connectivity index (χ1) is 32.9. The Labute approximate surface area is 493 Å². The highest BCUT2D eigenvalue weighted by Gasteiger charge is 2.19. The Morgan fingerprint density at radius 3 is 1.00 bits per heavy atom. The van der Waals surface area contributed by atoms with Gasteiger partial charge in [-0.1, -0.05) is 54.6 Å². The van der Waals surface area contributed by atoms with Gasteiger partial charge in [0.15, 0.2) is 56.1 Å². The van der Waals surface area contributed by atoms with E-state index in [0.717, 1.165) is 22.2 Å². The summed E-state index contributed by atoms with van der Waals surface area (Å²) in [5.74, 6) is 1.06. The standard InChI is InChI=1S/C18H11F2I2O.C18H12FI2O.C18H11I4O/c19-16-10-12(21)11-17(20)18(16)23-15-8-6-14(7-9-15)22-13-4-2-1-3-5-13;19-17-12-13(20)6-11-18(17)22-16-9-7-15(8-10-16)21-14-4-2-1-3-5-14;19-12-10-16(20)18(17(21)11-12)23-15-8-6-14(7-9-15)22-13-4-2-1-3-5-13/h1-11H;1-12H;1-11H/q3*+1. The highest BCUT2D eigenvalue weighted by Crippen LogP contribution is 2.33. The molecule has 0 amide bonds. The van der Waals surface area contributed by atoms with E-state index in [2.05, 4.69) is 206 Å². The van der Waals surface area contributed by atoms with Crippen LogP contribution in [-0.4, -0.2) is 0 Å². The number of benzene rings is 9. The SMILES string of the molecule is Fc1cc(I)cc(F)c1Oc1ccc([I+]c2ccccc2)cc1.Fc1cc(I)ccc1Oc1ccc([I+]c2ccccc2)cc1.Ic1cc(I)c(Oc2ccc([I+]c3ccccc3)cc2)c(I)c1. The van der Waals surface area contributed by atoms with Crippen molar-refractivity contribution in [3.05, 3.63) is 263 Å². The molecule has 14 heteroatoms. The fourth-order valence-corrected chi connectivity index (χ4v) is 17.1. The van der Waals surface area contributed by atoms with Crippen LogP contribution >= 0.6 is 113 Å². The number of hydrogen-bond acceptors (Lipinski definition) is 3. The molecule has 9 aromatic rings. The maximum atomic E-state index is 13.8. The number of rotatable bonds is 12. The van der Waals surface area contributed by atoms with Gasteiger partial charge in [0.1, 0.15) is 17.2 Å². The van der Waals surface area contributed by atoms with Crippen LogP contribution in [0.15, 0.2) is 206 Å². The van der Waals surface area contributed by atoms with Crippen molar-refractivity contribution in [2.75, 3.05) is 0 Å². The first-order valence-corrected chi connectivity index (χ1v) is 32.0. The molecule has 0 heterocycles. The van der Waals surface area contributed by atoms with Gasteiger partial charge in [-0.05, 0) is 265 Å². The Balaban J connectivity index is 0.000000151. The van der Waals surface area contributed by atoms with Crippen LogP contribution in [-0.2, 0) is 0 Å². The second-order valence-electron chi connectivity index (χ2n) is 13.8. The Kier molecular flexibility index (Phi) is 21.9. The molecule has 9 rings (SSSR count). The quantitative estimate of drug-likeness (QED) is 0.116. The maximum Gasteiger partial charge on any atom is 0.357 e. The molecule has 0 aromatic heterocycles.